The molecule has 0 aliphatic carbocycles. The summed E-state index contributed by atoms with van der Waals surface area (Å²) < 4.78 is 18.4. The van der Waals surface area contributed by atoms with Crippen LogP contribution in [0.3, 0.4) is 0 Å². The third-order valence-corrected chi connectivity index (χ3v) is 2.38. The van der Waals surface area contributed by atoms with Gasteiger partial charge in [0.15, 0.2) is 6.61 Å². The van der Waals surface area contributed by atoms with Crippen molar-refractivity contribution in [3.63, 3.8) is 0 Å². The number of halogens is 1. The van der Waals surface area contributed by atoms with Gasteiger partial charge in [0, 0.05) is 5.56 Å². The van der Waals surface area contributed by atoms with Crippen LogP contribution < -0.4 is 4.74 Å². The topological polar surface area (TPSA) is 46.5 Å². The predicted molar refractivity (Wildman–Crippen MR) is 65.0 cm³/mol. The second-order valence-corrected chi connectivity index (χ2v) is 3.69. The van der Waals surface area contributed by atoms with Crippen LogP contribution in [0.2, 0.25) is 0 Å². The van der Waals surface area contributed by atoms with Crippen molar-refractivity contribution in [1.82, 2.24) is 0 Å². The Morgan fingerprint density at radius 3 is 2.56 bits per heavy atom. The molecule has 0 fully saturated rings. The number of rotatable bonds is 4. The summed E-state index contributed by atoms with van der Waals surface area (Å²) in [5, 5.41) is 8.59. The minimum absolute atomic E-state index is 0.352. The SMILES string of the molecule is O=C(O)COc1ccc(F)cc1-c1ccccc1. The van der Waals surface area contributed by atoms with Crippen LogP contribution in [0.25, 0.3) is 11.1 Å². The summed E-state index contributed by atoms with van der Waals surface area (Å²) >= 11 is 0. The first-order valence-electron chi connectivity index (χ1n) is 5.36. The molecule has 1 N–H and O–H groups in total. The zero-order valence-electron chi connectivity index (χ0n) is 9.47. The van der Waals surface area contributed by atoms with E-state index in [2.05, 4.69) is 0 Å². The molecular weight excluding hydrogens is 235 g/mol. The van der Waals surface area contributed by atoms with E-state index in [4.69, 9.17) is 9.84 Å². The normalized spacial score (nSPS) is 10.1. The van der Waals surface area contributed by atoms with Crippen LogP contribution in [-0.4, -0.2) is 17.7 Å². The van der Waals surface area contributed by atoms with Crippen LogP contribution in [0.1, 0.15) is 0 Å². The maximum absolute atomic E-state index is 13.3. The van der Waals surface area contributed by atoms with Crippen LogP contribution in [0.15, 0.2) is 48.5 Å². The highest BCUT2D eigenvalue weighted by Gasteiger charge is 2.09. The Balaban J connectivity index is 2.38. The number of benzene rings is 2. The summed E-state index contributed by atoms with van der Waals surface area (Å²) in [5.41, 5.74) is 1.31. The monoisotopic (exact) mass is 246 g/mol. The maximum atomic E-state index is 13.3. The van der Waals surface area contributed by atoms with E-state index in [1.54, 1.807) is 0 Å². The summed E-state index contributed by atoms with van der Waals surface area (Å²) in [6, 6.07) is 13.1. The molecule has 2 aromatic rings. The molecule has 18 heavy (non-hydrogen) atoms. The van der Waals surface area contributed by atoms with Gasteiger partial charge in [-0.2, -0.15) is 0 Å². The zero-order valence-corrected chi connectivity index (χ0v) is 9.47. The Labute approximate surface area is 103 Å². The van der Waals surface area contributed by atoms with Crippen molar-refractivity contribution >= 4 is 5.97 Å². The highest BCUT2D eigenvalue weighted by molar-refractivity contribution is 5.72. The van der Waals surface area contributed by atoms with Gasteiger partial charge < -0.3 is 9.84 Å². The van der Waals surface area contributed by atoms with Crippen molar-refractivity contribution in [2.24, 2.45) is 0 Å². The molecule has 2 aromatic carbocycles. The van der Waals surface area contributed by atoms with Crippen molar-refractivity contribution in [2.45, 2.75) is 0 Å². The van der Waals surface area contributed by atoms with E-state index in [1.807, 2.05) is 30.3 Å². The first-order chi connectivity index (χ1) is 8.66. The van der Waals surface area contributed by atoms with Crippen molar-refractivity contribution < 1.29 is 19.0 Å². The van der Waals surface area contributed by atoms with Crippen molar-refractivity contribution in [2.75, 3.05) is 6.61 Å². The molecule has 0 atom stereocenters. The van der Waals surface area contributed by atoms with Gasteiger partial charge >= 0.3 is 5.97 Å². The molecule has 3 nitrogen and oxygen atoms in total. The molecule has 0 saturated heterocycles. The van der Waals surface area contributed by atoms with Gasteiger partial charge in [0.1, 0.15) is 11.6 Å². The largest absolute Gasteiger partial charge is 0.481 e. The summed E-state index contributed by atoms with van der Waals surface area (Å²) in [6.07, 6.45) is 0. The molecule has 0 bridgehead atoms. The summed E-state index contributed by atoms with van der Waals surface area (Å²) in [6.45, 7) is -0.453. The maximum Gasteiger partial charge on any atom is 0.341 e. The van der Waals surface area contributed by atoms with Crippen molar-refractivity contribution in [1.29, 1.82) is 0 Å². The van der Waals surface area contributed by atoms with E-state index in [0.717, 1.165) is 5.56 Å². The number of carboxylic acid groups (broad SMARTS) is 1. The van der Waals surface area contributed by atoms with Gasteiger partial charge in [-0.1, -0.05) is 30.3 Å². The molecule has 0 amide bonds. The molecule has 0 spiro atoms. The fourth-order valence-electron chi connectivity index (χ4n) is 1.61. The standard InChI is InChI=1S/C14H11FO3/c15-11-6-7-13(18-9-14(16)17)12(8-11)10-4-2-1-3-5-10/h1-8H,9H2,(H,16,17). The molecular formula is C14H11FO3. The van der Waals surface area contributed by atoms with E-state index in [1.165, 1.54) is 18.2 Å². The molecule has 92 valence electrons. The zero-order chi connectivity index (χ0) is 13.0. The van der Waals surface area contributed by atoms with E-state index in [9.17, 15) is 9.18 Å². The third-order valence-electron chi connectivity index (χ3n) is 2.38. The quantitative estimate of drug-likeness (QED) is 0.902. The number of carboxylic acids is 1. The Hall–Kier alpha value is -2.36. The lowest BCUT2D eigenvalue weighted by Gasteiger charge is -2.10. The molecule has 0 radical (unpaired) electrons. The van der Waals surface area contributed by atoms with Gasteiger partial charge in [0.2, 0.25) is 0 Å². The minimum atomic E-state index is -1.07. The van der Waals surface area contributed by atoms with Gasteiger partial charge in [-0.25, -0.2) is 9.18 Å². The van der Waals surface area contributed by atoms with Crippen molar-refractivity contribution in [3.05, 3.63) is 54.3 Å². The average Bonchev–Trinajstić information content (AvgIpc) is 2.38. The van der Waals surface area contributed by atoms with Gasteiger partial charge in [0.25, 0.3) is 0 Å². The van der Waals surface area contributed by atoms with Gasteiger partial charge in [0.05, 0.1) is 0 Å². The molecule has 0 saturated carbocycles. The van der Waals surface area contributed by atoms with E-state index >= 15 is 0 Å². The Bertz CT molecular complexity index is 552. The Morgan fingerprint density at radius 2 is 1.89 bits per heavy atom. The highest BCUT2D eigenvalue weighted by atomic mass is 19.1. The lowest BCUT2D eigenvalue weighted by molar-refractivity contribution is -0.139. The van der Waals surface area contributed by atoms with Gasteiger partial charge in [-0.3, -0.25) is 0 Å². The fourth-order valence-corrected chi connectivity index (χ4v) is 1.61. The summed E-state index contributed by atoms with van der Waals surface area (Å²) in [5.74, 6) is -1.11. The highest BCUT2D eigenvalue weighted by Crippen LogP contribution is 2.30. The molecule has 0 unspecified atom stereocenters. The molecule has 0 aliphatic heterocycles. The van der Waals surface area contributed by atoms with Crippen LogP contribution in [0.4, 0.5) is 4.39 Å². The number of hydrogen-bond acceptors (Lipinski definition) is 2. The van der Waals surface area contributed by atoms with Gasteiger partial charge in [-0.15, -0.1) is 0 Å². The minimum Gasteiger partial charge on any atom is -0.481 e. The lowest BCUT2D eigenvalue weighted by Crippen LogP contribution is -2.10. The lowest BCUT2D eigenvalue weighted by atomic mass is 10.0. The number of aliphatic carboxylic acids is 1. The summed E-state index contributed by atoms with van der Waals surface area (Å²) in [7, 11) is 0. The fraction of sp³-hybridized carbons (Fsp3) is 0.0714. The molecule has 0 heterocycles. The molecule has 4 heteroatoms. The first-order valence-corrected chi connectivity index (χ1v) is 5.36. The van der Waals surface area contributed by atoms with E-state index in [0.29, 0.717) is 11.3 Å². The smallest absolute Gasteiger partial charge is 0.341 e. The molecule has 0 aliphatic rings. The Kier molecular flexibility index (Phi) is 3.57. The van der Waals surface area contributed by atoms with Crippen LogP contribution in [-0.2, 0) is 4.79 Å². The van der Waals surface area contributed by atoms with E-state index in [-0.39, 0.29) is 0 Å². The number of carbonyl (C=O) groups is 1. The summed E-state index contributed by atoms with van der Waals surface area (Å²) in [4.78, 5) is 10.5. The van der Waals surface area contributed by atoms with Crippen LogP contribution >= 0.6 is 0 Å². The van der Waals surface area contributed by atoms with Gasteiger partial charge in [-0.05, 0) is 23.8 Å². The number of hydrogen-bond donors (Lipinski definition) is 1. The van der Waals surface area contributed by atoms with Crippen molar-refractivity contribution in [3.8, 4) is 16.9 Å². The van der Waals surface area contributed by atoms with E-state index < -0.39 is 18.4 Å². The average molecular weight is 246 g/mol. The van der Waals surface area contributed by atoms with Crippen LogP contribution in [0.5, 0.6) is 5.75 Å². The Morgan fingerprint density at radius 1 is 1.17 bits per heavy atom. The molecule has 0 aromatic heterocycles. The first kappa shape index (κ1) is 12.1. The second kappa shape index (κ2) is 5.31. The predicted octanol–water partition coefficient (Wildman–Crippen LogP) is 2.96. The van der Waals surface area contributed by atoms with Crippen LogP contribution in [0, 0.1) is 5.82 Å². The third kappa shape index (κ3) is 2.85. The number of ether oxygens (including phenoxy) is 1. The second-order valence-electron chi connectivity index (χ2n) is 3.69. The molecule has 2 rings (SSSR count).